The zero-order valence-electron chi connectivity index (χ0n) is 13.6. The Morgan fingerprint density at radius 3 is 2.59 bits per heavy atom. The van der Waals surface area contributed by atoms with Crippen LogP contribution in [0.1, 0.15) is 19.4 Å². The molecule has 2 N–H and O–H groups in total. The van der Waals surface area contributed by atoms with Gasteiger partial charge in [0.25, 0.3) is 0 Å². The Balaban J connectivity index is 2.74. The fraction of sp³-hybridized carbons (Fsp3) is 0.467. The van der Waals surface area contributed by atoms with E-state index in [9.17, 15) is 0 Å². The van der Waals surface area contributed by atoms with Crippen LogP contribution < -0.4 is 20.2 Å². The second-order valence-corrected chi connectivity index (χ2v) is 5.11. The van der Waals surface area contributed by atoms with Crippen molar-refractivity contribution in [3.05, 3.63) is 23.8 Å². The first-order chi connectivity index (χ1) is 10.5. The summed E-state index contributed by atoms with van der Waals surface area (Å²) in [5.41, 5.74) is 4.43. The molecule has 0 saturated carbocycles. The molecule has 1 aromatic carbocycles. The third kappa shape index (κ3) is 5.50. The first kappa shape index (κ1) is 18.2. The molecule has 1 atom stereocenters. The number of nitrogens with zero attached hydrogens (tertiary/aromatic N) is 1. The second-order valence-electron chi connectivity index (χ2n) is 4.71. The third-order valence-corrected chi connectivity index (χ3v) is 3.13. The number of benzene rings is 1. The monoisotopic (exact) mass is 325 g/mol. The number of hydrogen-bond donors (Lipinski definition) is 2. The van der Waals surface area contributed by atoms with E-state index in [1.807, 2.05) is 32.0 Å². The van der Waals surface area contributed by atoms with Crippen molar-refractivity contribution in [2.75, 3.05) is 27.9 Å². The van der Waals surface area contributed by atoms with Gasteiger partial charge in [0.05, 0.1) is 26.5 Å². The Kier molecular flexibility index (Phi) is 7.62. The fourth-order valence-electron chi connectivity index (χ4n) is 1.84. The second kappa shape index (κ2) is 9.22. The maximum atomic E-state index is 5.36. The van der Waals surface area contributed by atoms with Crippen LogP contribution in [0.5, 0.6) is 11.5 Å². The van der Waals surface area contributed by atoms with E-state index in [-0.39, 0.29) is 6.04 Å². The van der Waals surface area contributed by atoms with Crippen molar-refractivity contribution in [3.8, 4) is 11.5 Å². The van der Waals surface area contributed by atoms with Crippen LogP contribution in [0.3, 0.4) is 0 Å². The summed E-state index contributed by atoms with van der Waals surface area (Å²) in [7, 11) is 4.87. The Morgan fingerprint density at radius 1 is 1.27 bits per heavy atom. The molecule has 0 unspecified atom stereocenters. The van der Waals surface area contributed by atoms with Gasteiger partial charge in [-0.3, -0.25) is 5.43 Å². The minimum atomic E-state index is 0.107. The van der Waals surface area contributed by atoms with Crippen molar-refractivity contribution < 1.29 is 14.2 Å². The largest absolute Gasteiger partial charge is 0.497 e. The highest BCUT2D eigenvalue weighted by Crippen LogP contribution is 2.24. The Labute approximate surface area is 136 Å². The van der Waals surface area contributed by atoms with E-state index in [0.717, 1.165) is 17.0 Å². The van der Waals surface area contributed by atoms with Crippen molar-refractivity contribution in [3.63, 3.8) is 0 Å². The van der Waals surface area contributed by atoms with Crippen LogP contribution in [0.15, 0.2) is 23.3 Å². The van der Waals surface area contributed by atoms with Crippen molar-refractivity contribution >= 4 is 23.0 Å². The standard InChI is InChI=1S/C15H23N3O3S/c1-10(9-19-3)16-15(22)18-17-11(2)13-7-6-12(20-4)8-14(13)21-5/h6-8,10H,9H2,1-5H3,(H2,16,18,22)/b17-11-/t10-/m1/s1. The summed E-state index contributed by atoms with van der Waals surface area (Å²) in [4.78, 5) is 0. The van der Waals surface area contributed by atoms with E-state index in [1.165, 1.54) is 0 Å². The molecule has 1 aromatic rings. The van der Waals surface area contributed by atoms with Crippen LogP contribution in [-0.2, 0) is 4.74 Å². The van der Waals surface area contributed by atoms with Gasteiger partial charge in [-0.15, -0.1) is 0 Å². The van der Waals surface area contributed by atoms with Gasteiger partial charge in [-0.2, -0.15) is 5.10 Å². The predicted octanol–water partition coefficient (Wildman–Crippen LogP) is 1.93. The molecule has 0 amide bonds. The maximum Gasteiger partial charge on any atom is 0.187 e. The lowest BCUT2D eigenvalue weighted by molar-refractivity contribution is 0.179. The normalized spacial score (nSPS) is 12.5. The first-order valence-corrected chi connectivity index (χ1v) is 7.24. The van der Waals surface area contributed by atoms with Crippen LogP contribution in [0.4, 0.5) is 0 Å². The Bertz CT molecular complexity index is 535. The minimum absolute atomic E-state index is 0.107. The summed E-state index contributed by atoms with van der Waals surface area (Å²) in [5, 5.41) is 7.79. The molecule has 122 valence electrons. The number of hydrazone groups is 1. The lowest BCUT2D eigenvalue weighted by Gasteiger charge is -2.15. The molecule has 0 aliphatic carbocycles. The maximum absolute atomic E-state index is 5.36. The molecule has 7 heteroatoms. The highest BCUT2D eigenvalue weighted by atomic mass is 32.1. The summed E-state index contributed by atoms with van der Waals surface area (Å²) in [6.45, 7) is 4.41. The number of ether oxygens (including phenoxy) is 3. The van der Waals surface area contributed by atoms with Gasteiger partial charge in [-0.05, 0) is 38.2 Å². The van der Waals surface area contributed by atoms with E-state index in [0.29, 0.717) is 17.5 Å². The van der Waals surface area contributed by atoms with E-state index in [1.54, 1.807) is 21.3 Å². The zero-order chi connectivity index (χ0) is 16.5. The van der Waals surface area contributed by atoms with E-state index in [2.05, 4.69) is 15.8 Å². The van der Waals surface area contributed by atoms with E-state index >= 15 is 0 Å². The quantitative estimate of drug-likeness (QED) is 0.454. The number of thiocarbonyl (C=S) groups is 1. The van der Waals surface area contributed by atoms with Crippen molar-refractivity contribution in [1.82, 2.24) is 10.7 Å². The molecule has 0 spiro atoms. The lowest BCUT2D eigenvalue weighted by atomic mass is 10.1. The fourth-order valence-corrected chi connectivity index (χ4v) is 2.09. The molecule has 0 saturated heterocycles. The van der Waals surface area contributed by atoms with Crippen LogP contribution in [0.2, 0.25) is 0 Å². The third-order valence-electron chi connectivity index (χ3n) is 2.92. The van der Waals surface area contributed by atoms with Gasteiger partial charge in [0.1, 0.15) is 11.5 Å². The average Bonchev–Trinajstić information content (AvgIpc) is 2.52. The molecule has 0 fully saturated rings. The van der Waals surface area contributed by atoms with Gasteiger partial charge >= 0.3 is 0 Å². The molecule has 0 heterocycles. The summed E-state index contributed by atoms with van der Waals surface area (Å²) >= 11 is 5.18. The predicted molar refractivity (Wildman–Crippen MR) is 92.0 cm³/mol. The van der Waals surface area contributed by atoms with Gasteiger partial charge in [-0.25, -0.2) is 0 Å². The molecule has 0 aromatic heterocycles. The SMILES string of the molecule is COC[C@@H](C)NC(=S)N/N=C(/C)c1ccc(OC)cc1OC. The summed E-state index contributed by atoms with van der Waals surface area (Å²) in [5.74, 6) is 1.42. The minimum Gasteiger partial charge on any atom is -0.497 e. The van der Waals surface area contributed by atoms with Gasteiger partial charge < -0.3 is 19.5 Å². The highest BCUT2D eigenvalue weighted by molar-refractivity contribution is 7.80. The van der Waals surface area contributed by atoms with Crippen molar-refractivity contribution in [2.45, 2.75) is 19.9 Å². The van der Waals surface area contributed by atoms with Crippen LogP contribution in [0.25, 0.3) is 0 Å². The van der Waals surface area contributed by atoms with Crippen molar-refractivity contribution in [2.24, 2.45) is 5.10 Å². The number of hydrogen-bond acceptors (Lipinski definition) is 5. The van der Waals surface area contributed by atoms with Crippen molar-refractivity contribution in [1.29, 1.82) is 0 Å². The van der Waals surface area contributed by atoms with Gasteiger partial charge in [-0.1, -0.05) is 0 Å². The molecule has 0 bridgehead atoms. The molecule has 0 radical (unpaired) electrons. The zero-order valence-corrected chi connectivity index (χ0v) is 14.4. The topological polar surface area (TPSA) is 64.1 Å². The summed E-state index contributed by atoms with van der Waals surface area (Å²) in [6.07, 6.45) is 0. The first-order valence-electron chi connectivity index (χ1n) is 6.84. The van der Waals surface area contributed by atoms with Gasteiger partial charge in [0.15, 0.2) is 5.11 Å². The molecule has 0 aliphatic rings. The lowest BCUT2D eigenvalue weighted by Crippen LogP contribution is -2.40. The Morgan fingerprint density at radius 2 is 2.00 bits per heavy atom. The van der Waals surface area contributed by atoms with Crippen LogP contribution in [0, 0.1) is 0 Å². The average molecular weight is 325 g/mol. The molecule has 6 nitrogen and oxygen atoms in total. The number of nitrogens with one attached hydrogen (secondary N) is 2. The van der Waals surface area contributed by atoms with Crippen LogP contribution in [-0.4, -0.2) is 44.8 Å². The number of methoxy groups -OCH3 is 3. The van der Waals surface area contributed by atoms with Crippen LogP contribution >= 0.6 is 12.2 Å². The molecule has 0 aliphatic heterocycles. The summed E-state index contributed by atoms with van der Waals surface area (Å²) in [6, 6.07) is 5.66. The summed E-state index contributed by atoms with van der Waals surface area (Å²) < 4.78 is 15.6. The molecule has 1 rings (SSSR count). The van der Waals surface area contributed by atoms with Gasteiger partial charge in [0.2, 0.25) is 0 Å². The number of rotatable bonds is 7. The molecular weight excluding hydrogens is 302 g/mol. The smallest absolute Gasteiger partial charge is 0.187 e. The van der Waals surface area contributed by atoms with E-state index < -0.39 is 0 Å². The molecule has 22 heavy (non-hydrogen) atoms. The molecular formula is C15H23N3O3S. The van der Waals surface area contributed by atoms with E-state index in [4.69, 9.17) is 26.4 Å². The highest BCUT2D eigenvalue weighted by Gasteiger charge is 2.08. The van der Waals surface area contributed by atoms with Gasteiger partial charge in [0, 0.05) is 24.8 Å². The Hall–Kier alpha value is -1.86.